The van der Waals surface area contributed by atoms with E-state index in [0.29, 0.717) is 35.1 Å². The van der Waals surface area contributed by atoms with Crippen molar-refractivity contribution in [1.82, 2.24) is 24.7 Å². The Balaban J connectivity index is 1.86. The standard InChI is InChI=1S/C17H16N6O/c1-10-13(11(2)24-22-10)16-20-15(18)14-17(21-16)23(9-19-14)8-12-6-4-3-5-7-12/h3-7,9H,8H2,1-2H3,(H2,18,20,21). The summed E-state index contributed by atoms with van der Waals surface area (Å²) in [5.74, 6) is 1.52. The Kier molecular flexibility index (Phi) is 3.26. The van der Waals surface area contributed by atoms with Crippen LogP contribution in [0.1, 0.15) is 17.0 Å². The summed E-state index contributed by atoms with van der Waals surface area (Å²) >= 11 is 0. The molecule has 7 heteroatoms. The summed E-state index contributed by atoms with van der Waals surface area (Å²) in [6, 6.07) is 10.1. The molecule has 24 heavy (non-hydrogen) atoms. The second kappa shape index (κ2) is 5.45. The van der Waals surface area contributed by atoms with Crippen LogP contribution in [0.3, 0.4) is 0 Å². The van der Waals surface area contributed by atoms with Gasteiger partial charge < -0.3 is 14.8 Å². The van der Waals surface area contributed by atoms with Crippen molar-refractivity contribution in [1.29, 1.82) is 0 Å². The second-order valence-corrected chi connectivity index (χ2v) is 5.66. The molecule has 120 valence electrons. The van der Waals surface area contributed by atoms with Gasteiger partial charge in [0.2, 0.25) is 0 Å². The van der Waals surface area contributed by atoms with Crippen molar-refractivity contribution in [2.45, 2.75) is 20.4 Å². The number of nitrogens with two attached hydrogens (primary N) is 1. The van der Waals surface area contributed by atoms with E-state index in [2.05, 4.69) is 32.2 Å². The van der Waals surface area contributed by atoms with Crippen molar-refractivity contribution in [3.05, 3.63) is 53.7 Å². The Morgan fingerprint density at radius 1 is 1.12 bits per heavy atom. The summed E-state index contributed by atoms with van der Waals surface area (Å²) in [6.07, 6.45) is 1.74. The minimum Gasteiger partial charge on any atom is -0.382 e. The monoisotopic (exact) mass is 320 g/mol. The zero-order valence-corrected chi connectivity index (χ0v) is 13.4. The normalized spacial score (nSPS) is 11.2. The quantitative estimate of drug-likeness (QED) is 0.623. The predicted octanol–water partition coefficient (Wildman–Crippen LogP) is 2.73. The number of nitrogen functional groups attached to an aromatic ring is 1. The molecule has 0 atom stereocenters. The van der Waals surface area contributed by atoms with Crippen LogP contribution in [0.5, 0.6) is 0 Å². The zero-order chi connectivity index (χ0) is 16.7. The summed E-state index contributed by atoms with van der Waals surface area (Å²) in [5, 5.41) is 3.96. The van der Waals surface area contributed by atoms with Gasteiger partial charge >= 0.3 is 0 Å². The third kappa shape index (κ3) is 2.30. The van der Waals surface area contributed by atoms with Gasteiger partial charge in [-0.2, -0.15) is 0 Å². The van der Waals surface area contributed by atoms with Crippen LogP contribution in [-0.4, -0.2) is 24.7 Å². The number of anilines is 1. The fourth-order valence-electron chi connectivity index (χ4n) is 2.78. The van der Waals surface area contributed by atoms with E-state index < -0.39 is 0 Å². The summed E-state index contributed by atoms with van der Waals surface area (Å²) < 4.78 is 7.18. The van der Waals surface area contributed by atoms with Crippen LogP contribution in [-0.2, 0) is 6.54 Å². The zero-order valence-electron chi connectivity index (χ0n) is 13.4. The number of benzene rings is 1. The number of aryl methyl sites for hydroxylation is 2. The molecule has 0 aliphatic carbocycles. The van der Waals surface area contributed by atoms with E-state index in [1.165, 1.54) is 0 Å². The van der Waals surface area contributed by atoms with Gasteiger partial charge in [0.05, 0.1) is 24.1 Å². The maximum Gasteiger partial charge on any atom is 0.169 e. The average Bonchev–Trinajstić information content (AvgIpc) is 3.12. The molecular formula is C17H16N6O. The van der Waals surface area contributed by atoms with Crippen LogP contribution in [0.2, 0.25) is 0 Å². The van der Waals surface area contributed by atoms with E-state index in [0.717, 1.165) is 16.8 Å². The minimum absolute atomic E-state index is 0.349. The van der Waals surface area contributed by atoms with Crippen LogP contribution < -0.4 is 5.73 Å². The first-order valence-corrected chi connectivity index (χ1v) is 7.59. The minimum atomic E-state index is 0.349. The van der Waals surface area contributed by atoms with Crippen LogP contribution in [0.4, 0.5) is 5.82 Å². The van der Waals surface area contributed by atoms with Crippen molar-refractivity contribution in [2.75, 3.05) is 5.73 Å². The van der Waals surface area contributed by atoms with E-state index >= 15 is 0 Å². The number of fused-ring (bicyclic) bond motifs is 1. The fourth-order valence-corrected chi connectivity index (χ4v) is 2.78. The van der Waals surface area contributed by atoms with Gasteiger partial charge in [0.15, 0.2) is 17.3 Å². The number of imidazole rings is 1. The maximum atomic E-state index is 6.09. The van der Waals surface area contributed by atoms with Crippen molar-refractivity contribution < 1.29 is 4.52 Å². The van der Waals surface area contributed by atoms with Crippen molar-refractivity contribution in [3.8, 4) is 11.4 Å². The van der Waals surface area contributed by atoms with E-state index in [1.54, 1.807) is 6.33 Å². The molecule has 4 aromatic rings. The molecule has 0 saturated carbocycles. The third-order valence-corrected chi connectivity index (χ3v) is 3.94. The van der Waals surface area contributed by atoms with Crippen LogP contribution in [0.25, 0.3) is 22.6 Å². The first-order chi connectivity index (χ1) is 11.6. The summed E-state index contributed by atoms with van der Waals surface area (Å²) in [4.78, 5) is 13.4. The lowest BCUT2D eigenvalue weighted by atomic mass is 10.2. The molecule has 4 rings (SSSR count). The SMILES string of the molecule is Cc1noc(C)c1-c1nc(N)c2ncn(Cc3ccccc3)c2n1. The molecule has 1 aromatic carbocycles. The Bertz CT molecular complexity index is 999. The van der Waals surface area contributed by atoms with E-state index in [-0.39, 0.29) is 0 Å². The predicted molar refractivity (Wildman–Crippen MR) is 90.3 cm³/mol. The maximum absolute atomic E-state index is 6.09. The molecule has 3 aromatic heterocycles. The van der Waals surface area contributed by atoms with Gasteiger partial charge in [-0.1, -0.05) is 35.5 Å². The van der Waals surface area contributed by atoms with E-state index in [1.807, 2.05) is 36.6 Å². The first-order valence-electron chi connectivity index (χ1n) is 7.59. The molecule has 0 bridgehead atoms. The van der Waals surface area contributed by atoms with Gasteiger partial charge in [-0.3, -0.25) is 0 Å². The number of hydrogen-bond donors (Lipinski definition) is 1. The molecule has 0 aliphatic rings. The largest absolute Gasteiger partial charge is 0.382 e. The van der Waals surface area contributed by atoms with Crippen molar-refractivity contribution in [2.24, 2.45) is 0 Å². The molecule has 0 unspecified atom stereocenters. The Labute approximate surface area is 138 Å². The Hall–Kier alpha value is -3.22. The lowest BCUT2D eigenvalue weighted by molar-refractivity contribution is 0.393. The van der Waals surface area contributed by atoms with E-state index in [9.17, 15) is 0 Å². The van der Waals surface area contributed by atoms with Gasteiger partial charge in [-0.05, 0) is 19.4 Å². The fraction of sp³-hybridized carbons (Fsp3) is 0.176. The molecule has 3 heterocycles. The molecule has 0 aliphatic heterocycles. The van der Waals surface area contributed by atoms with Crippen molar-refractivity contribution >= 4 is 17.0 Å². The van der Waals surface area contributed by atoms with Gasteiger partial charge in [0, 0.05) is 0 Å². The smallest absolute Gasteiger partial charge is 0.169 e. The number of hydrogen-bond acceptors (Lipinski definition) is 6. The average molecular weight is 320 g/mol. The molecule has 2 N–H and O–H groups in total. The molecular weight excluding hydrogens is 304 g/mol. The van der Waals surface area contributed by atoms with Gasteiger partial charge in [0.25, 0.3) is 0 Å². The van der Waals surface area contributed by atoms with Crippen LogP contribution in [0.15, 0.2) is 41.2 Å². The third-order valence-electron chi connectivity index (χ3n) is 3.94. The molecule has 0 amide bonds. The highest BCUT2D eigenvalue weighted by atomic mass is 16.5. The molecule has 0 spiro atoms. The van der Waals surface area contributed by atoms with E-state index in [4.69, 9.17) is 10.3 Å². The highest BCUT2D eigenvalue weighted by Crippen LogP contribution is 2.27. The summed E-state index contributed by atoms with van der Waals surface area (Å²) in [5.41, 5.74) is 10.1. The Morgan fingerprint density at radius 2 is 1.92 bits per heavy atom. The van der Waals surface area contributed by atoms with Crippen molar-refractivity contribution in [3.63, 3.8) is 0 Å². The lowest BCUT2D eigenvalue weighted by Crippen LogP contribution is -2.03. The second-order valence-electron chi connectivity index (χ2n) is 5.66. The molecule has 7 nitrogen and oxygen atoms in total. The first kappa shape index (κ1) is 14.4. The number of nitrogens with zero attached hydrogens (tertiary/aromatic N) is 5. The van der Waals surface area contributed by atoms with Crippen LogP contribution >= 0.6 is 0 Å². The topological polar surface area (TPSA) is 95.6 Å². The summed E-state index contributed by atoms with van der Waals surface area (Å²) in [7, 11) is 0. The summed E-state index contributed by atoms with van der Waals surface area (Å²) in [6.45, 7) is 4.35. The molecule has 0 radical (unpaired) electrons. The lowest BCUT2D eigenvalue weighted by Gasteiger charge is -2.06. The van der Waals surface area contributed by atoms with Gasteiger partial charge in [-0.25, -0.2) is 15.0 Å². The van der Waals surface area contributed by atoms with Gasteiger partial charge in [-0.15, -0.1) is 0 Å². The highest BCUT2D eigenvalue weighted by molar-refractivity contribution is 5.84. The molecule has 0 saturated heterocycles. The Morgan fingerprint density at radius 3 is 2.62 bits per heavy atom. The highest BCUT2D eigenvalue weighted by Gasteiger charge is 2.18. The van der Waals surface area contributed by atoms with Crippen LogP contribution in [0, 0.1) is 13.8 Å². The number of rotatable bonds is 3. The number of aromatic nitrogens is 5. The molecule has 0 fully saturated rings. The van der Waals surface area contributed by atoms with Gasteiger partial charge in [0.1, 0.15) is 11.3 Å².